The second kappa shape index (κ2) is 2.54. The van der Waals surface area contributed by atoms with Crippen molar-refractivity contribution in [2.75, 3.05) is 0 Å². The zero-order chi connectivity index (χ0) is 7.72. The molecule has 0 bridgehead atoms. The lowest BCUT2D eigenvalue weighted by atomic mass is 10.0. The van der Waals surface area contributed by atoms with Crippen LogP contribution in [0.4, 0.5) is 0 Å². The van der Waals surface area contributed by atoms with Gasteiger partial charge in [0.1, 0.15) is 0 Å². The zero-order valence-corrected chi connectivity index (χ0v) is 7.25. The van der Waals surface area contributed by atoms with E-state index in [0.29, 0.717) is 0 Å². The van der Waals surface area contributed by atoms with Crippen LogP contribution >= 0.6 is 12.2 Å². The summed E-state index contributed by atoms with van der Waals surface area (Å²) in [7, 11) is 0. The number of thiocarbonyl (C=S) groups is 1. The van der Waals surface area contributed by atoms with Crippen LogP contribution in [0.3, 0.4) is 0 Å². The Morgan fingerprint density at radius 1 is 1.30 bits per heavy atom. The molecular weight excluding hydrogens is 142 g/mol. The molecule has 1 radical (unpaired) electrons. The van der Waals surface area contributed by atoms with E-state index in [0.717, 1.165) is 21.7 Å². The molecule has 10 heavy (non-hydrogen) atoms. The van der Waals surface area contributed by atoms with Crippen LogP contribution in [0.25, 0.3) is 0 Å². The molecule has 0 saturated heterocycles. The van der Waals surface area contributed by atoms with Gasteiger partial charge in [-0.1, -0.05) is 12.2 Å². The van der Waals surface area contributed by atoms with E-state index in [1.807, 2.05) is 27.0 Å². The number of hydrogen-bond acceptors (Lipinski definition) is 1. The molecule has 0 N–H and O–H groups in total. The highest BCUT2D eigenvalue weighted by atomic mass is 32.1. The molecule has 0 aromatic heterocycles. The van der Waals surface area contributed by atoms with E-state index in [9.17, 15) is 0 Å². The second-order valence-electron chi connectivity index (χ2n) is 2.48. The van der Waals surface area contributed by atoms with Crippen LogP contribution in [0.15, 0.2) is 23.0 Å². The standard InChI is InChI=1S/C8H10NS/c1-5-4-9-7(3)6(2)8(5)10/h4H,1-3H3. The normalized spacial score (nSPS) is 18.7. The van der Waals surface area contributed by atoms with Crippen molar-refractivity contribution >= 4 is 17.1 Å². The van der Waals surface area contributed by atoms with Gasteiger partial charge in [0, 0.05) is 16.8 Å². The van der Waals surface area contributed by atoms with E-state index < -0.39 is 0 Å². The first kappa shape index (κ1) is 7.48. The van der Waals surface area contributed by atoms with Gasteiger partial charge in [-0.05, 0) is 31.9 Å². The van der Waals surface area contributed by atoms with Crippen molar-refractivity contribution in [2.24, 2.45) is 0 Å². The van der Waals surface area contributed by atoms with E-state index in [-0.39, 0.29) is 0 Å². The van der Waals surface area contributed by atoms with Crippen molar-refractivity contribution in [1.29, 1.82) is 0 Å². The Morgan fingerprint density at radius 2 is 1.90 bits per heavy atom. The third-order valence-corrected chi connectivity index (χ3v) is 2.32. The van der Waals surface area contributed by atoms with Crippen LogP contribution in [0.1, 0.15) is 20.8 Å². The fourth-order valence-electron chi connectivity index (χ4n) is 0.809. The first-order chi connectivity index (χ1) is 4.63. The van der Waals surface area contributed by atoms with Gasteiger partial charge < -0.3 is 0 Å². The minimum absolute atomic E-state index is 0.951. The quantitative estimate of drug-likeness (QED) is 0.485. The summed E-state index contributed by atoms with van der Waals surface area (Å²) >= 11 is 5.14. The maximum atomic E-state index is 5.14. The Morgan fingerprint density at radius 3 is 2.40 bits per heavy atom. The molecule has 1 aliphatic heterocycles. The van der Waals surface area contributed by atoms with Crippen molar-refractivity contribution in [3.8, 4) is 0 Å². The SMILES string of the molecule is CC1=C[N]C(C)=C(C)C1=S. The lowest BCUT2D eigenvalue weighted by Gasteiger charge is -2.13. The Balaban J connectivity index is 2.98. The van der Waals surface area contributed by atoms with E-state index >= 15 is 0 Å². The molecule has 1 aliphatic rings. The molecule has 0 atom stereocenters. The first-order valence-electron chi connectivity index (χ1n) is 3.22. The molecule has 1 nitrogen and oxygen atoms in total. The molecule has 0 spiro atoms. The lowest BCUT2D eigenvalue weighted by molar-refractivity contribution is 0.996. The largest absolute Gasteiger partial charge is 0.261 e. The molecule has 0 aliphatic carbocycles. The van der Waals surface area contributed by atoms with Gasteiger partial charge in [-0.3, -0.25) is 5.32 Å². The number of nitrogens with zero attached hydrogens (tertiary/aromatic N) is 1. The topological polar surface area (TPSA) is 14.1 Å². The molecule has 0 aromatic rings. The average molecular weight is 152 g/mol. The summed E-state index contributed by atoms with van der Waals surface area (Å²) in [4.78, 5) is 0.951. The maximum Gasteiger partial charge on any atom is 0.0468 e. The van der Waals surface area contributed by atoms with Crippen LogP contribution in [0, 0.1) is 0 Å². The molecule has 0 amide bonds. The number of allylic oxidation sites excluding steroid dienone is 3. The molecule has 1 rings (SSSR count). The average Bonchev–Trinajstić information content (AvgIpc) is 1.93. The fraction of sp³-hybridized carbons (Fsp3) is 0.375. The van der Waals surface area contributed by atoms with Crippen molar-refractivity contribution in [1.82, 2.24) is 5.32 Å². The predicted octanol–water partition coefficient (Wildman–Crippen LogP) is 2.17. The highest BCUT2D eigenvalue weighted by molar-refractivity contribution is 7.81. The summed E-state index contributed by atoms with van der Waals surface area (Å²) < 4.78 is 0. The van der Waals surface area contributed by atoms with Gasteiger partial charge in [0.2, 0.25) is 0 Å². The van der Waals surface area contributed by atoms with E-state index in [1.54, 1.807) is 0 Å². The van der Waals surface area contributed by atoms with Gasteiger partial charge in [0.05, 0.1) is 0 Å². The smallest absolute Gasteiger partial charge is 0.0468 e. The third-order valence-electron chi connectivity index (χ3n) is 1.69. The van der Waals surface area contributed by atoms with Gasteiger partial charge in [0.15, 0.2) is 0 Å². The zero-order valence-electron chi connectivity index (χ0n) is 6.43. The summed E-state index contributed by atoms with van der Waals surface area (Å²) in [6.07, 6.45) is 1.82. The third kappa shape index (κ3) is 1.12. The van der Waals surface area contributed by atoms with Crippen molar-refractivity contribution in [3.63, 3.8) is 0 Å². The minimum atomic E-state index is 0.951. The van der Waals surface area contributed by atoms with Crippen molar-refractivity contribution in [2.45, 2.75) is 20.8 Å². The molecule has 2 heteroatoms. The maximum absolute atomic E-state index is 5.14. The molecule has 1 heterocycles. The molecule has 0 fully saturated rings. The van der Waals surface area contributed by atoms with Crippen molar-refractivity contribution < 1.29 is 0 Å². The first-order valence-corrected chi connectivity index (χ1v) is 3.63. The summed E-state index contributed by atoms with van der Waals surface area (Å²) in [5.74, 6) is 0. The summed E-state index contributed by atoms with van der Waals surface area (Å²) in [6, 6.07) is 0. The van der Waals surface area contributed by atoms with Crippen LogP contribution in [0.2, 0.25) is 0 Å². The van der Waals surface area contributed by atoms with Crippen LogP contribution in [0.5, 0.6) is 0 Å². The predicted molar refractivity (Wildman–Crippen MR) is 46.9 cm³/mol. The summed E-state index contributed by atoms with van der Waals surface area (Å²) in [5, 5.41) is 4.17. The van der Waals surface area contributed by atoms with Gasteiger partial charge >= 0.3 is 0 Å². The Bertz CT molecular complexity index is 236. The second-order valence-corrected chi connectivity index (χ2v) is 2.89. The molecule has 0 saturated carbocycles. The fourth-order valence-corrected chi connectivity index (χ4v) is 1.01. The molecular formula is C8H10NS. The monoisotopic (exact) mass is 152 g/mol. The van der Waals surface area contributed by atoms with Crippen LogP contribution < -0.4 is 5.32 Å². The Labute approximate surface area is 66.8 Å². The Kier molecular flexibility index (Phi) is 1.90. The highest BCUT2D eigenvalue weighted by Crippen LogP contribution is 2.15. The molecule has 0 aromatic carbocycles. The van der Waals surface area contributed by atoms with Gasteiger partial charge in [-0.15, -0.1) is 0 Å². The van der Waals surface area contributed by atoms with Crippen LogP contribution in [-0.2, 0) is 0 Å². The summed E-state index contributed by atoms with van der Waals surface area (Å²) in [6.45, 7) is 5.98. The van der Waals surface area contributed by atoms with Crippen LogP contribution in [-0.4, -0.2) is 4.86 Å². The Hall–Kier alpha value is -0.630. The number of hydrogen-bond donors (Lipinski definition) is 0. The lowest BCUT2D eigenvalue weighted by Crippen LogP contribution is -2.12. The van der Waals surface area contributed by atoms with E-state index in [2.05, 4.69) is 5.32 Å². The van der Waals surface area contributed by atoms with Gasteiger partial charge in [0.25, 0.3) is 0 Å². The van der Waals surface area contributed by atoms with Crippen molar-refractivity contribution in [3.05, 3.63) is 23.0 Å². The summed E-state index contributed by atoms with van der Waals surface area (Å²) in [5.41, 5.74) is 3.27. The molecule has 53 valence electrons. The van der Waals surface area contributed by atoms with Gasteiger partial charge in [-0.2, -0.15) is 0 Å². The minimum Gasteiger partial charge on any atom is -0.261 e. The number of rotatable bonds is 0. The van der Waals surface area contributed by atoms with E-state index in [4.69, 9.17) is 12.2 Å². The van der Waals surface area contributed by atoms with Gasteiger partial charge in [-0.25, -0.2) is 0 Å². The van der Waals surface area contributed by atoms with E-state index in [1.165, 1.54) is 0 Å². The highest BCUT2D eigenvalue weighted by Gasteiger charge is 2.10. The molecule has 0 unspecified atom stereocenters.